The predicted octanol–water partition coefficient (Wildman–Crippen LogP) is 5.66. The average molecular weight is 513 g/mol. The number of carboxylic acid groups (broad SMARTS) is 1. The summed E-state index contributed by atoms with van der Waals surface area (Å²) in [6.07, 6.45) is 0.729. The van der Waals surface area contributed by atoms with Gasteiger partial charge in [-0.1, -0.05) is 26.8 Å². The number of rotatable bonds is 3. The molecule has 1 amide bonds. The fraction of sp³-hybridized carbons (Fsp3) is 0.462. The van der Waals surface area contributed by atoms with Crippen LogP contribution in [0, 0.1) is 16.7 Å². The monoisotopic (exact) mass is 512 g/mol. The van der Waals surface area contributed by atoms with Gasteiger partial charge in [0.25, 0.3) is 0 Å². The number of hydrogen-bond donors (Lipinski definition) is 1. The first-order valence-electron chi connectivity index (χ1n) is 12.0. The SMILES string of the molecule is CC(C)(C)[C@@]1(F)N(C(=O)O)CC(F)N(c2ncnc3c2c(C2CC2)cn3-c2cccc(C#N)c2)C1(C)F. The van der Waals surface area contributed by atoms with Gasteiger partial charge >= 0.3 is 6.09 Å². The molecule has 1 aliphatic heterocycles. The number of benzene rings is 1. The minimum Gasteiger partial charge on any atom is -0.465 e. The summed E-state index contributed by atoms with van der Waals surface area (Å²) in [7, 11) is 0. The van der Waals surface area contributed by atoms with Crippen molar-refractivity contribution in [1.82, 2.24) is 19.4 Å². The van der Waals surface area contributed by atoms with Gasteiger partial charge in [0, 0.05) is 17.3 Å². The van der Waals surface area contributed by atoms with Gasteiger partial charge in [-0.05, 0) is 49.4 Å². The van der Waals surface area contributed by atoms with E-state index in [4.69, 9.17) is 0 Å². The Kier molecular flexibility index (Phi) is 5.44. The minimum atomic E-state index is -3.13. The standard InChI is InChI=1S/C26H27F3N6O2/c1-24(2,3)26(29)25(4,28)35(19(27)13-34(26)23(36)37)22-20-18(16-8-9-16)12-33(21(20)31-14-32-22)17-7-5-6-15(10-17)11-30/h5-7,10,12,14,16,19H,8-9,13H2,1-4H3,(H,36,37)/t19?,25?,26-/m1/s1. The lowest BCUT2D eigenvalue weighted by molar-refractivity contribution is -0.218. The van der Waals surface area contributed by atoms with E-state index in [9.17, 15) is 15.2 Å². The topological polar surface area (TPSA) is 98.3 Å². The lowest BCUT2D eigenvalue weighted by atomic mass is 9.75. The normalized spacial score (nSPS) is 26.4. The molecule has 1 aliphatic carbocycles. The fourth-order valence-electron chi connectivity index (χ4n) is 5.54. The summed E-state index contributed by atoms with van der Waals surface area (Å²) in [4.78, 5) is 21.4. The van der Waals surface area contributed by atoms with Crippen molar-refractivity contribution >= 4 is 22.9 Å². The summed E-state index contributed by atoms with van der Waals surface area (Å²) in [6.45, 7) is 4.08. The number of aromatic nitrogens is 3. The molecule has 8 nitrogen and oxygen atoms in total. The number of carbonyl (C=O) groups is 1. The summed E-state index contributed by atoms with van der Waals surface area (Å²) in [5.41, 5.74) is 0.620. The van der Waals surface area contributed by atoms with E-state index in [1.165, 1.54) is 20.8 Å². The Labute approximate surface area is 211 Å². The third-order valence-corrected chi connectivity index (χ3v) is 7.36. The number of hydrogen-bond acceptors (Lipinski definition) is 5. The van der Waals surface area contributed by atoms with Crippen molar-refractivity contribution < 1.29 is 23.1 Å². The van der Waals surface area contributed by atoms with E-state index in [2.05, 4.69) is 16.0 Å². The van der Waals surface area contributed by atoms with Crippen LogP contribution in [0.5, 0.6) is 0 Å². The van der Waals surface area contributed by atoms with Crippen LogP contribution in [-0.4, -0.2) is 55.1 Å². The van der Waals surface area contributed by atoms with E-state index in [1.54, 1.807) is 28.8 Å². The van der Waals surface area contributed by atoms with Crippen molar-refractivity contribution in [1.29, 1.82) is 5.26 Å². The molecule has 1 saturated carbocycles. The van der Waals surface area contributed by atoms with Crippen LogP contribution in [0.25, 0.3) is 16.7 Å². The highest BCUT2D eigenvalue weighted by atomic mass is 19.2. The summed E-state index contributed by atoms with van der Waals surface area (Å²) in [5, 5.41) is 19.4. The van der Waals surface area contributed by atoms with Crippen LogP contribution in [0.15, 0.2) is 36.8 Å². The molecule has 11 heteroatoms. The zero-order chi connectivity index (χ0) is 26.9. The van der Waals surface area contributed by atoms with E-state index < -0.39 is 35.9 Å². The highest BCUT2D eigenvalue weighted by molar-refractivity contribution is 5.94. The smallest absolute Gasteiger partial charge is 0.410 e. The van der Waals surface area contributed by atoms with E-state index in [1.807, 2.05) is 6.20 Å². The summed E-state index contributed by atoms with van der Waals surface area (Å²) in [5.74, 6) is -6.29. The van der Waals surface area contributed by atoms with E-state index in [0.717, 1.165) is 31.7 Å². The van der Waals surface area contributed by atoms with E-state index in [0.29, 0.717) is 27.2 Å². The summed E-state index contributed by atoms with van der Waals surface area (Å²) >= 11 is 0. The van der Waals surface area contributed by atoms with Crippen LogP contribution < -0.4 is 4.90 Å². The molecule has 1 saturated heterocycles. The quantitative estimate of drug-likeness (QED) is 0.455. The van der Waals surface area contributed by atoms with Crippen molar-refractivity contribution in [3.8, 4) is 11.8 Å². The molecule has 2 unspecified atom stereocenters. The molecule has 3 heterocycles. The van der Waals surface area contributed by atoms with Crippen molar-refractivity contribution in [2.45, 2.75) is 64.3 Å². The van der Waals surface area contributed by atoms with Crippen LogP contribution in [0.2, 0.25) is 0 Å². The molecule has 194 valence electrons. The zero-order valence-corrected chi connectivity index (χ0v) is 20.9. The molecular formula is C26H27F3N6O2. The molecule has 37 heavy (non-hydrogen) atoms. The second kappa shape index (κ2) is 8.10. The fourth-order valence-corrected chi connectivity index (χ4v) is 5.54. The van der Waals surface area contributed by atoms with Gasteiger partial charge in [-0.25, -0.2) is 27.9 Å². The third kappa shape index (κ3) is 3.53. The predicted molar refractivity (Wildman–Crippen MR) is 130 cm³/mol. The molecule has 0 bridgehead atoms. The van der Waals surface area contributed by atoms with Gasteiger partial charge in [-0.15, -0.1) is 0 Å². The molecule has 1 aromatic carbocycles. The summed E-state index contributed by atoms with van der Waals surface area (Å²) < 4.78 is 51.1. The van der Waals surface area contributed by atoms with Crippen LogP contribution >= 0.6 is 0 Å². The number of halogens is 3. The molecule has 1 N–H and O–H groups in total. The molecule has 2 aromatic heterocycles. The van der Waals surface area contributed by atoms with Crippen LogP contribution in [0.1, 0.15) is 57.6 Å². The number of nitrogens with zero attached hydrogens (tertiary/aromatic N) is 6. The highest BCUT2D eigenvalue weighted by Crippen LogP contribution is 2.55. The molecule has 0 spiro atoms. The van der Waals surface area contributed by atoms with Crippen molar-refractivity contribution in [2.75, 3.05) is 11.4 Å². The van der Waals surface area contributed by atoms with Gasteiger partial charge in [0.2, 0.25) is 11.6 Å². The van der Waals surface area contributed by atoms with Crippen molar-refractivity contribution in [3.63, 3.8) is 0 Å². The van der Waals surface area contributed by atoms with Crippen LogP contribution in [0.3, 0.4) is 0 Å². The maximum Gasteiger partial charge on any atom is 0.410 e. The number of amides is 1. The first kappa shape index (κ1) is 24.9. The van der Waals surface area contributed by atoms with E-state index in [-0.39, 0.29) is 16.6 Å². The van der Waals surface area contributed by atoms with Crippen molar-refractivity contribution in [3.05, 3.63) is 47.9 Å². The van der Waals surface area contributed by atoms with Gasteiger partial charge in [0.05, 0.1) is 23.6 Å². The Bertz CT molecular complexity index is 1440. The lowest BCUT2D eigenvalue weighted by Gasteiger charge is -2.58. The van der Waals surface area contributed by atoms with Gasteiger partial charge in [0.15, 0.2) is 6.30 Å². The second-order valence-electron chi connectivity index (χ2n) is 10.8. The Morgan fingerprint density at radius 1 is 1.24 bits per heavy atom. The molecule has 2 fully saturated rings. The summed E-state index contributed by atoms with van der Waals surface area (Å²) in [6, 6.07) is 8.94. The number of piperazine rings is 1. The molecule has 2 aliphatic rings. The Hall–Kier alpha value is -3.81. The van der Waals surface area contributed by atoms with Crippen LogP contribution in [0.4, 0.5) is 23.8 Å². The molecule has 3 aromatic rings. The van der Waals surface area contributed by atoms with Gasteiger partial charge in [0.1, 0.15) is 17.8 Å². The lowest BCUT2D eigenvalue weighted by Crippen LogP contribution is -2.78. The molecule has 5 rings (SSSR count). The molecule has 0 radical (unpaired) electrons. The minimum absolute atomic E-state index is 0.106. The number of nitriles is 1. The second-order valence-corrected chi connectivity index (χ2v) is 10.8. The maximum absolute atomic E-state index is 16.8. The van der Waals surface area contributed by atoms with Gasteiger partial charge in [-0.2, -0.15) is 5.26 Å². The first-order chi connectivity index (χ1) is 17.3. The Morgan fingerprint density at radius 2 is 1.95 bits per heavy atom. The zero-order valence-electron chi connectivity index (χ0n) is 20.9. The number of fused-ring (bicyclic) bond motifs is 1. The highest BCUT2D eigenvalue weighted by Gasteiger charge is 2.70. The number of alkyl halides is 3. The van der Waals surface area contributed by atoms with E-state index >= 15 is 13.2 Å². The van der Waals surface area contributed by atoms with Gasteiger partial charge in [-0.3, -0.25) is 9.80 Å². The third-order valence-electron chi connectivity index (χ3n) is 7.36. The van der Waals surface area contributed by atoms with Crippen molar-refractivity contribution in [2.24, 2.45) is 5.41 Å². The number of anilines is 1. The first-order valence-corrected chi connectivity index (χ1v) is 12.0. The molecule has 3 atom stereocenters. The van der Waals surface area contributed by atoms with Crippen LogP contribution in [-0.2, 0) is 0 Å². The molecular weight excluding hydrogens is 485 g/mol. The largest absolute Gasteiger partial charge is 0.465 e. The Balaban J connectivity index is 1.76. The Morgan fingerprint density at radius 3 is 2.54 bits per heavy atom. The van der Waals surface area contributed by atoms with Gasteiger partial charge < -0.3 is 9.67 Å². The maximum atomic E-state index is 16.8. The average Bonchev–Trinajstić information content (AvgIpc) is 3.60.